The standard InChI is InChI=1S/C15H20O3/c1-5-10-7-14(15(3,4)17)18-13-6-9(2)12(16)8-11(10)13/h5-6,8,10,14,16-17H,1,7H2,2-4H3/t10-,14-/m1/s1. The number of ether oxygens (including phenoxy) is 1. The van der Waals surface area contributed by atoms with Crippen molar-refractivity contribution in [1.82, 2.24) is 0 Å². The minimum atomic E-state index is -0.898. The summed E-state index contributed by atoms with van der Waals surface area (Å²) in [7, 11) is 0. The summed E-state index contributed by atoms with van der Waals surface area (Å²) in [5.41, 5.74) is 0.812. The van der Waals surface area contributed by atoms with E-state index >= 15 is 0 Å². The highest BCUT2D eigenvalue weighted by Gasteiger charge is 2.36. The predicted octanol–water partition coefficient (Wildman–Crippen LogP) is 2.89. The summed E-state index contributed by atoms with van der Waals surface area (Å²) in [4.78, 5) is 0. The van der Waals surface area contributed by atoms with Gasteiger partial charge in [-0.05, 0) is 44.9 Å². The van der Waals surface area contributed by atoms with Crippen LogP contribution in [0.4, 0.5) is 0 Å². The molecule has 3 nitrogen and oxygen atoms in total. The van der Waals surface area contributed by atoms with Crippen LogP contribution in [0.15, 0.2) is 24.8 Å². The second kappa shape index (κ2) is 4.32. The topological polar surface area (TPSA) is 49.7 Å². The van der Waals surface area contributed by atoms with E-state index in [4.69, 9.17) is 4.74 Å². The van der Waals surface area contributed by atoms with Gasteiger partial charge in [-0.1, -0.05) is 6.08 Å². The lowest BCUT2D eigenvalue weighted by Crippen LogP contribution is -2.43. The van der Waals surface area contributed by atoms with Crippen molar-refractivity contribution < 1.29 is 14.9 Å². The van der Waals surface area contributed by atoms with Gasteiger partial charge in [0.15, 0.2) is 0 Å². The summed E-state index contributed by atoms with van der Waals surface area (Å²) in [6.45, 7) is 9.15. The Balaban J connectivity index is 2.45. The zero-order valence-corrected chi connectivity index (χ0v) is 11.1. The maximum Gasteiger partial charge on any atom is 0.128 e. The maximum absolute atomic E-state index is 10.1. The van der Waals surface area contributed by atoms with Crippen LogP contribution >= 0.6 is 0 Å². The van der Waals surface area contributed by atoms with Crippen LogP contribution in [0.2, 0.25) is 0 Å². The first-order valence-electron chi connectivity index (χ1n) is 6.18. The normalized spacial score (nSPS) is 23.1. The highest BCUT2D eigenvalue weighted by molar-refractivity contribution is 5.49. The summed E-state index contributed by atoms with van der Waals surface area (Å²) in [5.74, 6) is 1.09. The molecule has 0 bridgehead atoms. The average molecular weight is 248 g/mol. The molecule has 1 aliphatic heterocycles. The molecule has 2 rings (SSSR count). The van der Waals surface area contributed by atoms with Gasteiger partial charge in [-0.15, -0.1) is 6.58 Å². The molecule has 0 fully saturated rings. The lowest BCUT2D eigenvalue weighted by Gasteiger charge is -2.37. The molecule has 0 saturated heterocycles. The molecule has 18 heavy (non-hydrogen) atoms. The Kier molecular flexibility index (Phi) is 3.11. The number of hydrogen-bond donors (Lipinski definition) is 2. The monoisotopic (exact) mass is 248 g/mol. The number of rotatable bonds is 2. The van der Waals surface area contributed by atoms with Crippen LogP contribution in [0.1, 0.15) is 37.3 Å². The zero-order chi connectivity index (χ0) is 13.5. The highest BCUT2D eigenvalue weighted by atomic mass is 16.5. The lowest BCUT2D eigenvalue weighted by atomic mass is 9.84. The van der Waals surface area contributed by atoms with Crippen molar-refractivity contribution in [1.29, 1.82) is 0 Å². The van der Waals surface area contributed by atoms with Crippen LogP contribution in [0.25, 0.3) is 0 Å². The van der Waals surface area contributed by atoms with E-state index in [1.54, 1.807) is 19.9 Å². The van der Waals surface area contributed by atoms with Gasteiger partial charge in [0, 0.05) is 11.5 Å². The first-order chi connectivity index (χ1) is 8.32. The summed E-state index contributed by atoms with van der Waals surface area (Å²) in [6.07, 6.45) is 2.24. The number of benzene rings is 1. The quantitative estimate of drug-likeness (QED) is 0.791. The maximum atomic E-state index is 10.1. The first kappa shape index (κ1) is 13.0. The van der Waals surface area contributed by atoms with Gasteiger partial charge in [-0.25, -0.2) is 0 Å². The van der Waals surface area contributed by atoms with E-state index in [1.807, 2.05) is 19.1 Å². The Labute approximate surface area is 108 Å². The second-order valence-electron chi connectivity index (χ2n) is 5.51. The molecular formula is C15H20O3. The molecule has 3 heteroatoms. The Hall–Kier alpha value is -1.48. The molecule has 0 aromatic heterocycles. The Morgan fingerprint density at radius 1 is 1.44 bits per heavy atom. The number of aryl methyl sites for hydroxylation is 1. The fraction of sp³-hybridized carbons (Fsp3) is 0.467. The molecular weight excluding hydrogens is 228 g/mol. The van der Waals surface area contributed by atoms with E-state index in [9.17, 15) is 10.2 Å². The molecule has 1 aliphatic rings. The number of aromatic hydroxyl groups is 1. The Morgan fingerprint density at radius 2 is 2.11 bits per heavy atom. The van der Waals surface area contributed by atoms with Gasteiger partial charge in [0.05, 0.1) is 5.60 Å². The van der Waals surface area contributed by atoms with E-state index < -0.39 is 5.60 Å². The van der Waals surface area contributed by atoms with Crippen LogP contribution < -0.4 is 4.74 Å². The summed E-state index contributed by atoms with van der Waals surface area (Å²) in [5, 5.41) is 19.9. The summed E-state index contributed by atoms with van der Waals surface area (Å²) in [6, 6.07) is 3.55. The van der Waals surface area contributed by atoms with Crippen molar-refractivity contribution in [3.05, 3.63) is 35.9 Å². The molecule has 0 amide bonds. The molecule has 0 aliphatic carbocycles. The molecule has 0 saturated carbocycles. The van der Waals surface area contributed by atoms with Crippen molar-refractivity contribution in [2.45, 2.75) is 44.8 Å². The molecule has 98 valence electrons. The first-order valence-corrected chi connectivity index (χ1v) is 6.18. The number of hydrogen-bond acceptors (Lipinski definition) is 3. The van der Waals surface area contributed by atoms with Crippen molar-refractivity contribution in [3.8, 4) is 11.5 Å². The fourth-order valence-electron chi connectivity index (χ4n) is 2.29. The fourth-order valence-corrected chi connectivity index (χ4v) is 2.29. The third-order valence-electron chi connectivity index (χ3n) is 3.54. The van der Waals surface area contributed by atoms with Crippen molar-refractivity contribution in [2.75, 3.05) is 0 Å². The van der Waals surface area contributed by atoms with Gasteiger partial charge in [0.1, 0.15) is 17.6 Å². The molecule has 2 atom stereocenters. The van der Waals surface area contributed by atoms with Crippen molar-refractivity contribution in [2.24, 2.45) is 0 Å². The second-order valence-corrected chi connectivity index (χ2v) is 5.51. The number of phenols is 1. The molecule has 1 aromatic rings. The van der Waals surface area contributed by atoms with E-state index in [-0.39, 0.29) is 17.8 Å². The highest BCUT2D eigenvalue weighted by Crippen LogP contribution is 2.42. The van der Waals surface area contributed by atoms with Gasteiger partial charge in [0.25, 0.3) is 0 Å². The van der Waals surface area contributed by atoms with Crippen molar-refractivity contribution in [3.63, 3.8) is 0 Å². The molecule has 2 N–H and O–H groups in total. The summed E-state index contributed by atoms with van der Waals surface area (Å²) < 4.78 is 5.86. The molecule has 0 spiro atoms. The minimum Gasteiger partial charge on any atom is -0.508 e. The number of fused-ring (bicyclic) bond motifs is 1. The Morgan fingerprint density at radius 3 is 2.67 bits per heavy atom. The Bertz CT molecular complexity index is 471. The third kappa shape index (κ3) is 2.23. The van der Waals surface area contributed by atoms with Crippen LogP contribution in [-0.2, 0) is 0 Å². The minimum absolute atomic E-state index is 0.0941. The molecule has 0 unspecified atom stereocenters. The average Bonchev–Trinajstić information content (AvgIpc) is 2.28. The zero-order valence-electron chi connectivity index (χ0n) is 11.1. The number of aliphatic hydroxyl groups is 1. The third-order valence-corrected chi connectivity index (χ3v) is 3.54. The lowest BCUT2D eigenvalue weighted by molar-refractivity contribution is -0.0448. The van der Waals surface area contributed by atoms with Gasteiger partial charge in [0.2, 0.25) is 0 Å². The molecule has 1 aromatic carbocycles. The largest absolute Gasteiger partial charge is 0.508 e. The molecule has 0 radical (unpaired) electrons. The smallest absolute Gasteiger partial charge is 0.128 e. The van der Waals surface area contributed by atoms with E-state index in [0.29, 0.717) is 6.42 Å². The van der Waals surface area contributed by atoms with Gasteiger partial charge in [-0.3, -0.25) is 0 Å². The predicted molar refractivity (Wildman–Crippen MR) is 71.1 cm³/mol. The van der Waals surface area contributed by atoms with Crippen LogP contribution in [0.3, 0.4) is 0 Å². The van der Waals surface area contributed by atoms with Crippen molar-refractivity contribution >= 4 is 0 Å². The van der Waals surface area contributed by atoms with E-state index in [1.165, 1.54) is 0 Å². The van der Waals surface area contributed by atoms with Crippen LogP contribution in [0, 0.1) is 6.92 Å². The molecule has 1 heterocycles. The number of phenolic OH excluding ortho intramolecular Hbond substituents is 1. The van der Waals surface area contributed by atoms with E-state index in [2.05, 4.69) is 6.58 Å². The van der Waals surface area contributed by atoms with Gasteiger partial charge in [-0.2, -0.15) is 0 Å². The SMILES string of the molecule is C=C[C@@H]1C[C@H](C(C)(C)O)Oc2cc(C)c(O)cc21. The van der Waals surface area contributed by atoms with E-state index in [0.717, 1.165) is 16.9 Å². The van der Waals surface area contributed by atoms with Crippen LogP contribution in [0.5, 0.6) is 11.5 Å². The van der Waals surface area contributed by atoms with Crippen LogP contribution in [-0.4, -0.2) is 21.9 Å². The number of allylic oxidation sites excluding steroid dienone is 1. The summed E-state index contributed by atoms with van der Waals surface area (Å²) >= 11 is 0. The van der Waals surface area contributed by atoms with Gasteiger partial charge < -0.3 is 14.9 Å². The van der Waals surface area contributed by atoms with Gasteiger partial charge >= 0.3 is 0 Å².